The highest BCUT2D eigenvalue weighted by Crippen LogP contribution is 2.24. The number of halogens is 3. The lowest BCUT2D eigenvalue weighted by Crippen LogP contribution is -2.35. The lowest BCUT2D eigenvalue weighted by Gasteiger charge is -2.21. The summed E-state index contributed by atoms with van der Waals surface area (Å²) in [6, 6.07) is 4.70. The van der Waals surface area contributed by atoms with Crippen LogP contribution in [0.15, 0.2) is 41.1 Å². The number of carbonyl (C=O) groups excluding carboxylic acids is 1. The van der Waals surface area contributed by atoms with Gasteiger partial charge in [0.1, 0.15) is 11.6 Å². The fraction of sp³-hybridized carbons (Fsp3) is 0.235. The van der Waals surface area contributed by atoms with Crippen molar-refractivity contribution < 1.29 is 22.4 Å². The van der Waals surface area contributed by atoms with Crippen molar-refractivity contribution in [3.8, 4) is 11.5 Å². The Morgan fingerprint density at radius 1 is 1.31 bits per heavy atom. The van der Waals surface area contributed by atoms with E-state index in [9.17, 15) is 18.0 Å². The van der Waals surface area contributed by atoms with E-state index in [1.807, 2.05) is 0 Å². The third-order valence-electron chi connectivity index (χ3n) is 3.66. The van der Waals surface area contributed by atoms with Crippen LogP contribution in [0.2, 0.25) is 0 Å². The summed E-state index contributed by atoms with van der Waals surface area (Å²) in [5.74, 6) is -0.937. The van der Waals surface area contributed by atoms with Crippen molar-refractivity contribution in [3.05, 3.63) is 53.9 Å². The molecule has 0 aliphatic rings. The highest BCUT2D eigenvalue weighted by atomic mass is 19.3. The molecule has 1 aromatic carbocycles. The normalized spacial score (nSPS) is 11.2. The van der Waals surface area contributed by atoms with Crippen molar-refractivity contribution in [2.24, 2.45) is 7.05 Å². The maximum Gasteiger partial charge on any atom is 0.280 e. The Hall–Kier alpha value is -3.10. The summed E-state index contributed by atoms with van der Waals surface area (Å²) in [7, 11) is 1.71. The van der Waals surface area contributed by atoms with E-state index in [2.05, 4.69) is 10.1 Å². The van der Waals surface area contributed by atoms with Crippen LogP contribution in [0.25, 0.3) is 11.5 Å². The Morgan fingerprint density at radius 3 is 2.58 bits per heavy atom. The van der Waals surface area contributed by atoms with E-state index in [1.165, 1.54) is 29.9 Å². The van der Waals surface area contributed by atoms with Crippen molar-refractivity contribution in [1.29, 1.82) is 0 Å². The van der Waals surface area contributed by atoms with Crippen LogP contribution in [-0.4, -0.2) is 33.6 Å². The first-order valence-electron chi connectivity index (χ1n) is 7.67. The number of amides is 1. The molecule has 3 rings (SSSR count). The van der Waals surface area contributed by atoms with E-state index >= 15 is 0 Å². The Balaban J connectivity index is 1.96. The molecule has 0 atom stereocenters. The van der Waals surface area contributed by atoms with Crippen LogP contribution < -0.4 is 4.90 Å². The molecule has 0 spiro atoms. The summed E-state index contributed by atoms with van der Waals surface area (Å²) >= 11 is 0. The maximum absolute atomic E-state index is 13.1. The van der Waals surface area contributed by atoms with Gasteiger partial charge in [-0.1, -0.05) is 0 Å². The SMILES string of the molecule is Cc1oc(-c2cnn(C)c2)nc1C(=O)N(CC(F)F)c1ccc(F)cc1. The lowest BCUT2D eigenvalue weighted by molar-refractivity contribution is 0.0940. The number of aryl methyl sites for hydroxylation is 2. The van der Waals surface area contributed by atoms with Gasteiger partial charge in [0.15, 0.2) is 5.69 Å². The van der Waals surface area contributed by atoms with Gasteiger partial charge < -0.3 is 9.32 Å². The van der Waals surface area contributed by atoms with Gasteiger partial charge in [0.25, 0.3) is 12.3 Å². The van der Waals surface area contributed by atoms with E-state index < -0.39 is 24.7 Å². The fourth-order valence-corrected chi connectivity index (χ4v) is 2.44. The third-order valence-corrected chi connectivity index (χ3v) is 3.66. The number of hydrogen-bond acceptors (Lipinski definition) is 4. The summed E-state index contributed by atoms with van der Waals surface area (Å²) in [5, 5.41) is 3.99. The number of hydrogen-bond donors (Lipinski definition) is 0. The second kappa shape index (κ2) is 7.03. The molecule has 0 fully saturated rings. The highest BCUT2D eigenvalue weighted by molar-refractivity contribution is 6.05. The molecule has 6 nitrogen and oxygen atoms in total. The number of oxazole rings is 1. The first-order chi connectivity index (χ1) is 12.3. The molecule has 0 radical (unpaired) electrons. The molecule has 0 aliphatic carbocycles. The largest absolute Gasteiger partial charge is 0.440 e. The van der Waals surface area contributed by atoms with Gasteiger partial charge in [-0.05, 0) is 31.2 Å². The molecular formula is C17H15F3N4O2. The number of carbonyl (C=O) groups is 1. The van der Waals surface area contributed by atoms with E-state index in [4.69, 9.17) is 4.42 Å². The maximum atomic E-state index is 13.1. The average Bonchev–Trinajstić information content (AvgIpc) is 3.18. The molecule has 26 heavy (non-hydrogen) atoms. The van der Waals surface area contributed by atoms with Crippen LogP contribution in [-0.2, 0) is 7.05 Å². The molecule has 0 N–H and O–H groups in total. The van der Waals surface area contributed by atoms with Crippen LogP contribution in [0, 0.1) is 12.7 Å². The second-order valence-electron chi connectivity index (χ2n) is 5.61. The number of nitrogens with zero attached hydrogens (tertiary/aromatic N) is 4. The summed E-state index contributed by atoms with van der Waals surface area (Å²) in [6.45, 7) is 0.671. The van der Waals surface area contributed by atoms with Gasteiger partial charge in [-0.2, -0.15) is 5.10 Å². The molecular weight excluding hydrogens is 349 g/mol. The molecule has 0 unspecified atom stereocenters. The number of benzene rings is 1. The Kier molecular flexibility index (Phi) is 4.79. The van der Waals surface area contributed by atoms with Crippen LogP contribution in [0.5, 0.6) is 0 Å². The number of anilines is 1. The minimum Gasteiger partial charge on any atom is -0.440 e. The minimum atomic E-state index is -2.77. The monoisotopic (exact) mass is 364 g/mol. The van der Waals surface area contributed by atoms with Gasteiger partial charge in [0, 0.05) is 18.9 Å². The molecule has 0 saturated carbocycles. The highest BCUT2D eigenvalue weighted by Gasteiger charge is 2.27. The zero-order valence-corrected chi connectivity index (χ0v) is 14.0. The van der Waals surface area contributed by atoms with Crippen LogP contribution in [0.1, 0.15) is 16.2 Å². The molecule has 0 saturated heterocycles. The van der Waals surface area contributed by atoms with Crippen molar-refractivity contribution in [3.63, 3.8) is 0 Å². The quantitative estimate of drug-likeness (QED) is 0.696. The molecule has 0 bridgehead atoms. The number of rotatable bonds is 5. The Labute approximate surface area is 146 Å². The van der Waals surface area contributed by atoms with E-state index in [1.54, 1.807) is 13.2 Å². The van der Waals surface area contributed by atoms with Crippen LogP contribution in [0.3, 0.4) is 0 Å². The standard InChI is InChI=1S/C17H15F3N4O2/c1-10-15(22-16(26-10)11-7-21-23(2)8-11)17(25)24(9-14(19)20)13-5-3-12(18)4-6-13/h3-8,14H,9H2,1-2H3. The first-order valence-corrected chi connectivity index (χ1v) is 7.67. The van der Waals surface area contributed by atoms with Crippen LogP contribution in [0.4, 0.5) is 18.9 Å². The topological polar surface area (TPSA) is 64.2 Å². The van der Waals surface area contributed by atoms with Gasteiger partial charge in [-0.3, -0.25) is 9.48 Å². The van der Waals surface area contributed by atoms with E-state index in [-0.39, 0.29) is 23.0 Å². The van der Waals surface area contributed by atoms with Gasteiger partial charge in [-0.25, -0.2) is 18.2 Å². The minimum absolute atomic E-state index is 0.0890. The van der Waals surface area contributed by atoms with E-state index in [0.717, 1.165) is 17.0 Å². The zero-order valence-electron chi connectivity index (χ0n) is 14.0. The predicted molar refractivity (Wildman–Crippen MR) is 87.5 cm³/mol. The molecule has 2 aromatic heterocycles. The van der Waals surface area contributed by atoms with Crippen molar-refractivity contribution in [2.45, 2.75) is 13.3 Å². The van der Waals surface area contributed by atoms with Crippen LogP contribution >= 0.6 is 0 Å². The molecule has 3 aromatic rings. The van der Waals surface area contributed by atoms with Crippen molar-refractivity contribution in [1.82, 2.24) is 14.8 Å². The molecule has 136 valence electrons. The van der Waals surface area contributed by atoms with Gasteiger partial charge in [0.2, 0.25) is 5.89 Å². The second-order valence-corrected chi connectivity index (χ2v) is 5.61. The summed E-state index contributed by atoms with van der Waals surface area (Å²) in [4.78, 5) is 17.8. The fourth-order valence-electron chi connectivity index (χ4n) is 2.44. The summed E-state index contributed by atoms with van der Waals surface area (Å²) in [5.41, 5.74) is 0.604. The van der Waals surface area contributed by atoms with Gasteiger partial charge >= 0.3 is 0 Å². The molecule has 2 heterocycles. The molecule has 0 aliphatic heterocycles. The molecule has 9 heteroatoms. The Bertz CT molecular complexity index is 918. The van der Waals surface area contributed by atoms with Gasteiger partial charge in [0.05, 0.1) is 18.3 Å². The molecule has 1 amide bonds. The van der Waals surface area contributed by atoms with Crippen molar-refractivity contribution >= 4 is 11.6 Å². The third kappa shape index (κ3) is 3.61. The Morgan fingerprint density at radius 2 is 2.00 bits per heavy atom. The lowest BCUT2D eigenvalue weighted by atomic mass is 10.2. The number of alkyl halides is 2. The average molecular weight is 364 g/mol. The van der Waals surface area contributed by atoms with E-state index in [0.29, 0.717) is 5.56 Å². The van der Waals surface area contributed by atoms with Crippen molar-refractivity contribution in [2.75, 3.05) is 11.4 Å². The summed E-state index contributed by atoms with van der Waals surface area (Å²) < 4.78 is 46.1. The van der Waals surface area contributed by atoms with Gasteiger partial charge in [-0.15, -0.1) is 0 Å². The number of aromatic nitrogens is 3. The summed E-state index contributed by atoms with van der Waals surface area (Å²) in [6.07, 6.45) is 0.390. The zero-order chi connectivity index (χ0) is 18.8. The first kappa shape index (κ1) is 17.7. The predicted octanol–water partition coefficient (Wildman–Crippen LogP) is 3.43. The smallest absolute Gasteiger partial charge is 0.280 e.